The van der Waals surface area contributed by atoms with Crippen molar-refractivity contribution in [2.75, 3.05) is 13.2 Å². The first-order valence-corrected chi connectivity index (χ1v) is 8.91. The summed E-state index contributed by atoms with van der Waals surface area (Å²) in [5.74, 6) is -0.115. The minimum atomic E-state index is -3.89. The Bertz CT molecular complexity index is 817. The quantitative estimate of drug-likeness (QED) is 0.909. The molecule has 22 heavy (non-hydrogen) atoms. The number of carbonyl (C=O) groups excluding carboxylic acids is 1. The predicted molar refractivity (Wildman–Crippen MR) is 81.4 cm³/mol. The molecular weight excluding hydrogens is 350 g/mol. The minimum absolute atomic E-state index is 0.0597. The van der Waals surface area contributed by atoms with Gasteiger partial charge in [-0.2, -0.15) is 0 Å². The monoisotopic (exact) mass is 359 g/mol. The molecule has 116 valence electrons. The molecule has 0 unspecified atom stereocenters. The normalized spacial score (nSPS) is 13.7. The van der Waals surface area contributed by atoms with E-state index in [4.69, 9.17) is 21.1 Å². The summed E-state index contributed by atoms with van der Waals surface area (Å²) in [6, 6.07) is 5.75. The fourth-order valence-corrected chi connectivity index (χ4v) is 4.12. The van der Waals surface area contributed by atoms with Crippen molar-refractivity contribution in [2.24, 2.45) is 0 Å². The van der Waals surface area contributed by atoms with Crippen LogP contribution >= 0.6 is 22.9 Å². The van der Waals surface area contributed by atoms with Gasteiger partial charge in [0.05, 0.1) is 5.02 Å². The van der Waals surface area contributed by atoms with Crippen LogP contribution < -0.4 is 14.2 Å². The lowest BCUT2D eigenvalue weighted by Crippen LogP contribution is -2.30. The van der Waals surface area contributed by atoms with Crippen LogP contribution in [0.25, 0.3) is 0 Å². The molecule has 0 saturated carbocycles. The fourth-order valence-electron chi connectivity index (χ4n) is 1.89. The number of rotatable bonds is 3. The molecule has 9 heteroatoms. The molecule has 0 bridgehead atoms. The van der Waals surface area contributed by atoms with Crippen molar-refractivity contribution in [3.05, 3.63) is 40.2 Å². The van der Waals surface area contributed by atoms with Gasteiger partial charge >= 0.3 is 0 Å². The summed E-state index contributed by atoms with van der Waals surface area (Å²) in [6.07, 6.45) is 0. The summed E-state index contributed by atoms with van der Waals surface area (Å²) >= 11 is 7.05. The maximum atomic E-state index is 12.2. The van der Waals surface area contributed by atoms with Gasteiger partial charge in [0.15, 0.2) is 11.5 Å². The molecule has 0 fully saturated rings. The number of thiophene rings is 1. The molecule has 1 aliphatic heterocycles. The minimum Gasteiger partial charge on any atom is -0.486 e. The van der Waals surface area contributed by atoms with Crippen LogP contribution in [0.5, 0.6) is 11.5 Å². The van der Waals surface area contributed by atoms with E-state index in [1.54, 1.807) is 11.4 Å². The number of fused-ring (bicyclic) bond motifs is 1. The lowest BCUT2D eigenvalue weighted by molar-refractivity contribution is 0.0980. The predicted octanol–water partition coefficient (Wildman–Crippen LogP) is 2.29. The van der Waals surface area contributed by atoms with Crippen LogP contribution in [0.3, 0.4) is 0 Å². The zero-order chi connectivity index (χ0) is 15.7. The van der Waals surface area contributed by atoms with E-state index < -0.39 is 15.9 Å². The van der Waals surface area contributed by atoms with Crippen LogP contribution in [0.4, 0.5) is 0 Å². The topological polar surface area (TPSA) is 81.7 Å². The number of carbonyl (C=O) groups is 1. The summed E-state index contributed by atoms with van der Waals surface area (Å²) in [5.41, 5.74) is 0.0781. The van der Waals surface area contributed by atoms with Crippen LogP contribution in [0.15, 0.2) is 33.9 Å². The third kappa shape index (κ3) is 2.90. The second-order valence-corrected chi connectivity index (χ2v) is 7.61. The summed E-state index contributed by atoms with van der Waals surface area (Å²) in [7, 11) is -3.89. The van der Waals surface area contributed by atoms with Crippen LogP contribution in [-0.4, -0.2) is 27.5 Å². The number of halogens is 1. The number of benzene rings is 1. The van der Waals surface area contributed by atoms with Gasteiger partial charge < -0.3 is 9.47 Å². The highest BCUT2D eigenvalue weighted by atomic mass is 35.5. The molecule has 2 aromatic rings. The number of amides is 1. The molecule has 1 aromatic heterocycles. The summed E-state index contributed by atoms with van der Waals surface area (Å²) < 4.78 is 36.8. The SMILES string of the molecule is O=C(NS(=O)(=O)c1cccs1)c1cc(Cl)c2c(c1)OCCO2. The highest BCUT2D eigenvalue weighted by Gasteiger charge is 2.23. The number of sulfonamides is 1. The third-order valence-electron chi connectivity index (χ3n) is 2.85. The molecule has 0 spiro atoms. The Morgan fingerprint density at radius 2 is 2.05 bits per heavy atom. The van der Waals surface area contributed by atoms with E-state index in [2.05, 4.69) is 0 Å². The molecule has 1 N–H and O–H groups in total. The molecule has 6 nitrogen and oxygen atoms in total. The van der Waals surface area contributed by atoms with E-state index in [1.165, 1.54) is 18.2 Å². The first-order chi connectivity index (χ1) is 10.5. The van der Waals surface area contributed by atoms with Crippen LogP contribution in [0, 0.1) is 0 Å². The van der Waals surface area contributed by atoms with Crippen molar-refractivity contribution in [1.29, 1.82) is 0 Å². The van der Waals surface area contributed by atoms with Gasteiger partial charge in [0.2, 0.25) is 0 Å². The number of nitrogens with one attached hydrogen (secondary N) is 1. The Hall–Kier alpha value is -1.77. The second kappa shape index (κ2) is 5.79. The molecule has 0 radical (unpaired) electrons. The molecule has 1 aliphatic rings. The third-order valence-corrected chi connectivity index (χ3v) is 5.86. The van der Waals surface area contributed by atoms with Crippen molar-refractivity contribution in [2.45, 2.75) is 4.21 Å². The highest BCUT2D eigenvalue weighted by molar-refractivity contribution is 7.92. The molecule has 3 rings (SSSR count). The van der Waals surface area contributed by atoms with E-state index >= 15 is 0 Å². The van der Waals surface area contributed by atoms with Crippen molar-refractivity contribution >= 4 is 38.9 Å². The van der Waals surface area contributed by atoms with Crippen molar-refractivity contribution in [3.8, 4) is 11.5 Å². The van der Waals surface area contributed by atoms with Gasteiger partial charge in [0.25, 0.3) is 15.9 Å². The molecular formula is C13H10ClNO5S2. The highest BCUT2D eigenvalue weighted by Crippen LogP contribution is 2.38. The van der Waals surface area contributed by atoms with Gasteiger partial charge in [-0.15, -0.1) is 11.3 Å². The lowest BCUT2D eigenvalue weighted by Gasteiger charge is -2.20. The van der Waals surface area contributed by atoms with E-state index in [0.717, 1.165) is 11.3 Å². The second-order valence-electron chi connectivity index (χ2n) is 4.35. The summed E-state index contributed by atoms with van der Waals surface area (Å²) in [4.78, 5) is 12.2. The smallest absolute Gasteiger partial charge is 0.273 e. The molecule has 0 aliphatic carbocycles. The van der Waals surface area contributed by atoms with Crippen LogP contribution in [-0.2, 0) is 10.0 Å². The van der Waals surface area contributed by atoms with E-state index in [-0.39, 0.29) is 14.8 Å². The Morgan fingerprint density at radius 1 is 1.27 bits per heavy atom. The first kappa shape index (κ1) is 15.1. The first-order valence-electron chi connectivity index (χ1n) is 6.17. The number of hydrogen-bond acceptors (Lipinski definition) is 6. The Balaban J connectivity index is 1.88. The van der Waals surface area contributed by atoms with Crippen molar-refractivity contribution in [1.82, 2.24) is 4.72 Å². The Kier molecular flexibility index (Phi) is 3.98. The Morgan fingerprint density at radius 3 is 2.77 bits per heavy atom. The zero-order valence-corrected chi connectivity index (χ0v) is 13.4. The largest absolute Gasteiger partial charge is 0.486 e. The van der Waals surface area contributed by atoms with Gasteiger partial charge in [-0.3, -0.25) is 4.79 Å². The average molecular weight is 360 g/mol. The maximum absolute atomic E-state index is 12.2. The number of ether oxygens (including phenoxy) is 2. The lowest BCUT2D eigenvalue weighted by atomic mass is 10.2. The van der Waals surface area contributed by atoms with Crippen molar-refractivity contribution < 1.29 is 22.7 Å². The molecule has 1 aromatic carbocycles. The van der Waals surface area contributed by atoms with Crippen LogP contribution in [0.1, 0.15) is 10.4 Å². The van der Waals surface area contributed by atoms with Gasteiger partial charge in [-0.25, -0.2) is 13.1 Å². The van der Waals surface area contributed by atoms with Gasteiger partial charge in [-0.1, -0.05) is 17.7 Å². The van der Waals surface area contributed by atoms with Gasteiger partial charge in [0.1, 0.15) is 17.4 Å². The molecule has 0 saturated heterocycles. The molecule has 1 amide bonds. The van der Waals surface area contributed by atoms with E-state index in [1.807, 2.05) is 4.72 Å². The standard InChI is InChI=1S/C13H10ClNO5S2/c14-9-6-8(7-10-12(9)20-4-3-19-10)13(16)15-22(17,18)11-2-1-5-21-11/h1-2,5-7H,3-4H2,(H,15,16). The van der Waals surface area contributed by atoms with Gasteiger partial charge in [-0.05, 0) is 23.6 Å². The fraction of sp³-hybridized carbons (Fsp3) is 0.154. The summed E-state index contributed by atoms with van der Waals surface area (Å²) in [6.45, 7) is 0.701. The van der Waals surface area contributed by atoms with E-state index in [9.17, 15) is 13.2 Å². The zero-order valence-electron chi connectivity index (χ0n) is 11.0. The molecule has 0 atom stereocenters. The maximum Gasteiger partial charge on any atom is 0.273 e. The Labute approximate surface area is 135 Å². The molecule has 2 heterocycles. The van der Waals surface area contributed by atoms with E-state index in [0.29, 0.717) is 24.7 Å². The number of hydrogen-bond donors (Lipinski definition) is 1. The van der Waals surface area contributed by atoms with Crippen LogP contribution in [0.2, 0.25) is 5.02 Å². The average Bonchev–Trinajstić information content (AvgIpc) is 3.02. The van der Waals surface area contributed by atoms with Gasteiger partial charge in [0, 0.05) is 5.56 Å². The van der Waals surface area contributed by atoms with Crippen molar-refractivity contribution in [3.63, 3.8) is 0 Å². The summed E-state index contributed by atoms with van der Waals surface area (Å²) in [5, 5.41) is 1.80.